The van der Waals surface area contributed by atoms with E-state index in [1.54, 1.807) is 0 Å². The molecular weight excluding hydrogens is 231 g/mol. The lowest BCUT2D eigenvalue weighted by atomic mass is 9.68. The molecule has 0 spiro atoms. The topological polar surface area (TPSA) is 72.8 Å². The van der Waals surface area contributed by atoms with Gasteiger partial charge in [-0.3, -0.25) is 0 Å². The van der Waals surface area contributed by atoms with Crippen LogP contribution in [0.25, 0.3) is 0 Å². The molecule has 1 N–H and O–H groups in total. The smallest absolute Gasteiger partial charge is 0.303 e. The highest BCUT2D eigenvalue weighted by Gasteiger charge is 2.27. The highest BCUT2D eigenvalue weighted by atomic mass is 32.2. The standard InChI is InChI=1S/C9H19BO5S/c1-14-9(11)7-3-5-8(6-4-7)10-15-16(2,12)13/h7-11H,3-6H2,1-2H3/t7?,8?,9-/m0/s1. The van der Waals surface area contributed by atoms with Crippen molar-refractivity contribution in [1.29, 1.82) is 0 Å². The maximum atomic E-state index is 10.8. The van der Waals surface area contributed by atoms with Crippen LogP contribution in [-0.2, 0) is 19.0 Å². The van der Waals surface area contributed by atoms with Gasteiger partial charge in [-0.25, -0.2) is 8.42 Å². The number of aliphatic hydroxyl groups is 1. The predicted molar refractivity (Wildman–Crippen MR) is 61.8 cm³/mol. The van der Waals surface area contributed by atoms with Crippen LogP contribution >= 0.6 is 0 Å². The van der Waals surface area contributed by atoms with Crippen LogP contribution in [0.15, 0.2) is 0 Å². The number of methoxy groups -OCH3 is 1. The Morgan fingerprint density at radius 3 is 2.31 bits per heavy atom. The quantitative estimate of drug-likeness (QED) is 0.559. The fourth-order valence-electron chi connectivity index (χ4n) is 2.05. The lowest BCUT2D eigenvalue weighted by molar-refractivity contribution is -0.120. The van der Waals surface area contributed by atoms with Crippen LogP contribution in [0.2, 0.25) is 5.82 Å². The Kier molecular flexibility index (Phi) is 5.23. The zero-order valence-corrected chi connectivity index (χ0v) is 10.6. The fraction of sp³-hybridized carbons (Fsp3) is 1.00. The van der Waals surface area contributed by atoms with E-state index >= 15 is 0 Å². The summed E-state index contributed by atoms with van der Waals surface area (Å²) in [7, 11) is -1.58. The maximum absolute atomic E-state index is 10.8. The zero-order valence-electron chi connectivity index (χ0n) is 9.76. The van der Waals surface area contributed by atoms with Crippen LogP contribution in [0.3, 0.4) is 0 Å². The van der Waals surface area contributed by atoms with Crippen molar-refractivity contribution in [3.8, 4) is 0 Å². The van der Waals surface area contributed by atoms with Crippen LogP contribution in [0.4, 0.5) is 0 Å². The Labute approximate surface area is 97.5 Å². The van der Waals surface area contributed by atoms with Gasteiger partial charge in [-0.1, -0.05) is 12.8 Å². The summed E-state index contributed by atoms with van der Waals surface area (Å²) in [5.74, 6) is 0.439. The highest BCUT2D eigenvalue weighted by Crippen LogP contribution is 2.34. The molecule has 0 amide bonds. The molecule has 1 aliphatic carbocycles. The largest absolute Gasteiger partial charge is 0.368 e. The minimum Gasteiger partial charge on any atom is -0.368 e. The molecule has 94 valence electrons. The summed E-state index contributed by atoms with van der Waals surface area (Å²) < 4.78 is 31.3. The van der Waals surface area contributed by atoms with Gasteiger partial charge in [0.05, 0.1) is 6.26 Å². The molecule has 0 unspecified atom stereocenters. The van der Waals surface area contributed by atoms with Crippen LogP contribution < -0.4 is 0 Å². The van der Waals surface area contributed by atoms with E-state index in [1.807, 2.05) is 0 Å². The van der Waals surface area contributed by atoms with Gasteiger partial charge in [0.1, 0.15) is 0 Å². The lowest BCUT2D eigenvalue weighted by Gasteiger charge is -2.29. The first-order valence-electron chi connectivity index (χ1n) is 5.47. The second-order valence-electron chi connectivity index (χ2n) is 4.40. The third-order valence-electron chi connectivity index (χ3n) is 3.05. The van der Waals surface area contributed by atoms with Crippen molar-refractivity contribution in [2.24, 2.45) is 5.92 Å². The lowest BCUT2D eigenvalue weighted by Crippen LogP contribution is -2.27. The molecule has 0 saturated heterocycles. The van der Waals surface area contributed by atoms with E-state index < -0.39 is 16.4 Å². The Balaban J connectivity index is 2.27. The van der Waals surface area contributed by atoms with Gasteiger partial charge in [0.15, 0.2) is 6.29 Å². The van der Waals surface area contributed by atoms with E-state index in [1.165, 1.54) is 7.11 Å². The molecular formula is C9H19BO5S. The number of hydrogen-bond donors (Lipinski definition) is 1. The van der Waals surface area contributed by atoms with Gasteiger partial charge >= 0.3 is 7.48 Å². The Bertz CT molecular complexity index is 297. The summed E-state index contributed by atoms with van der Waals surface area (Å²) >= 11 is 0. The molecule has 1 saturated carbocycles. The van der Waals surface area contributed by atoms with Gasteiger partial charge in [0.25, 0.3) is 10.1 Å². The average Bonchev–Trinajstić information content (AvgIpc) is 2.25. The van der Waals surface area contributed by atoms with Gasteiger partial charge in [-0.2, -0.15) is 0 Å². The number of rotatable bonds is 5. The molecule has 0 aromatic heterocycles. The van der Waals surface area contributed by atoms with Crippen LogP contribution in [0.5, 0.6) is 0 Å². The molecule has 1 aliphatic rings. The third-order valence-corrected chi connectivity index (χ3v) is 3.62. The summed E-state index contributed by atoms with van der Waals surface area (Å²) in [6.07, 6.45) is 3.82. The van der Waals surface area contributed by atoms with Crippen molar-refractivity contribution < 1.29 is 22.4 Å². The fourth-order valence-corrected chi connectivity index (χ4v) is 2.49. The van der Waals surface area contributed by atoms with Crippen molar-refractivity contribution >= 4 is 17.6 Å². The molecule has 0 aromatic rings. The molecule has 16 heavy (non-hydrogen) atoms. The van der Waals surface area contributed by atoms with Crippen LogP contribution in [0, 0.1) is 5.92 Å². The molecule has 1 atom stereocenters. The van der Waals surface area contributed by atoms with Crippen molar-refractivity contribution in [2.45, 2.75) is 37.8 Å². The molecule has 7 heteroatoms. The van der Waals surface area contributed by atoms with Crippen molar-refractivity contribution in [1.82, 2.24) is 0 Å². The van der Waals surface area contributed by atoms with E-state index in [0.29, 0.717) is 0 Å². The van der Waals surface area contributed by atoms with Crippen molar-refractivity contribution in [3.63, 3.8) is 0 Å². The van der Waals surface area contributed by atoms with Crippen molar-refractivity contribution in [2.75, 3.05) is 13.4 Å². The van der Waals surface area contributed by atoms with E-state index in [-0.39, 0.29) is 19.2 Å². The van der Waals surface area contributed by atoms with E-state index in [0.717, 1.165) is 31.9 Å². The molecule has 0 heterocycles. The third kappa shape index (κ3) is 4.82. The minimum atomic E-state index is -3.33. The van der Waals surface area contributed by atoms with Gasteiger partial charge in [-0.05, 0) is 18.7 Å². The van der Waals surface area contributed by atoms with Crippen LogP contribution in [-0.4, -0.2) is 40.7 Å². The SMILES string of the molecule is CO[C@H](O)C1CCC(BOS(C)(=O)=O)CC1. The first-order valence-corrected chi connectivity index (χ1v) is 7.29. The second kappa shape index (κ2) is 6.00. The Morgan fingerprint density at radius 1 is 1.31 bits per heavy atom. The second-order valence-corrected chi connectivity index (χ2v) is 6.04. The summed E-state index contributed by atoms with van der Waals surface area (Å²) in [5.41, 5.74) is 0. The number of ether oxygens (including phenoxy) is 1. The predicted octanol–water partition coefficient (Wildman–Crippen LogP) is 0.258. The van der Waals surface area contributed by atoms with Crippen LogP contribution in [0.1, 0.15) is 25.7 Å². The van der Waals surface area contributed by atoms with E-state index in [2.05, 4.69) is 0 Å². The Hall–Kier alpha value is -0.105. The van der Waals surface area contributed by atoms with Gasteiger partial charge < -0.3 is 13.9 Å². The van der Waals surface area contributed by atoms with Crippen molar-refractivity contribution in [3.05, 3.63) is 0 Å². The highest BCUT2D eigenvalue weighted by molar-refractivity contribution is 7.86. The van der Waals surface area contributed by atoms with E-state index in [4.69, 9.17) is 8.84 Å². The maximum Gasteiger partial charge on any atom is 0.303 e. The van der Waals surface area contributed by atoms with Gasteiger partial charge in [0, 0.05) is 13.0 Å². The molecule has 0 radical (unpaired) electrons. The van der Waals surface area contributed by atoms with E-state index in [9.17, 15) is 13.5 Å². The average molecular weight is 250 g/mol. The molecule has 1 fully saturated rings. The summed E-state index contributed by atoms with van der Waals surface area (Å²) in [4.78, 5) is 0. The molecule has 0 bridgehead atoms. The number of aliphatic hydroxyl groups excluding tert-OH is 1. The van der Waals surface area contributed by atoms with Gasteiger partial charge in [0.2, 0.25) is 0 Å². The summed E-state index contributed by atoms with van der Waals surface area (Å²) in [6, 6.07) is 0. The molecule has 5 nitrogen and oxygen atoms in total. The normalized spacial score (nSPS) is 28.7. The van der Waals surface area contributed by atoms with Gasteiger partial charge in [-0.15, -0.1) is 0 Å². The first-order chi connectivity index (χ1) is 7.42. The molecule has 0 aliphatic heterocycles. The minimum absolute atomic E-state index is 0.166. The summed E-state index contributed by atoms with van der Waals surface area (Å²) in [6.45, 7) is 0. The Morgan fingerprint density at radius 2 is 1.88 bits per heavy atom. The molecule has 1 rings (SSSR count). The first kappa shape index (κ1) is 14.0. The molecule has 0 aromatic carbocycles. The zero-order chi connectivity index (χ0) is 12.2. The summed E-state index contributed by atoms with van der Waals surface area (Å²) in [5, 5.41) is 9.48. The monoisotopic (exact) mass is 250 g/mol. The number of hydrogen-bond acceptors (Lipinski definition) is 5.